The van der Waals surface area contributed by atoms with Crippen molar-refractivity contribution in [1.82, 2.24) is 10.3 Å². The van der Waals surface area contributed by atoms with Crippen LogP contribution in [0.15, 0.2) is 42.7 Å². The van der Waals surface area contributed by atoms with Gasteiger partial charge in [-0.2, -0.15) is 0 Å². The molecule has 3 heteroatoms. The van der Waals surface area contributed by atoms with Gasteiger partial charge in [0, 0.05) is 24.5 Å². The van der Waals surface area contributed by atoms with Crippen molar-refractivity contribution in [1.29, 1.82) is 0 Å². The van der Waals surface area contributed by atoms with Gasteiger partial charge in [0.25, 0.3) is 0 Å². The van der Waals surface area contributed by atoms with E-state index in [0.29, 0.717) is 12.1 Å². The summed E-state index contributed by atoms with van der Waals surface area (Å²) in [4.78, 5) is 4.20. The molecule has 0 saturated carbocycles. The summed E-state index contributed by atoms with van der Waals surface area (Å²) in [5.41, 5.74) is 4.04. The number of aromatic nitrogens is 1. The molecule has 2 unspecified atom stereocenters. The van der Waals surface area contributed by atoms with Crippen molar-refractivity contribution in [2.45, 2.75) is 38.3 Å². The average Bonchev–Trinajstić information content (AvgIpc) is 2.54. The number of methoxy groups -OCH3 is 1. The molecule has 2 atom stereocenters. The molecule has 2 aromatic rings. The van der Waals surface area contributed by atoms with E-state index in [1.165, 1.54) is 16.7 Å². The van der Waals surface area contributed by atoms with E-state index in [1.54, 1.807) is 7.11 Å². The quantitative estimate of drug-likeness (QED) is 0.934. The van der Waals surface area contributed by atoms with Gasteiger partial charge in [-0.25, -0.2) is 0 Å². The van der Waals surface area contributed by atoms with Crippen molar-refractivity contribution >= 4 is 0 Å². The highest BCUT2D eigenvalue weighted by atomic mass is 16.5. The number of nitrogens with zero attached hydrogens (tertiary/aromatic N) is 1. The summed E-state index contributed by atoms with van der Waals surface area (Å²) in [5.74, 6) is 1.03. The lowest BCUT2D eigenvalue weighted by Gasteiger charge is -2.29. The van der Waals surface area contributed by atoms with Crippen LogP contribution in [0.3, 0.4) is 0 Å². The van der Waals surface area contributed by atoms with Crippen LogP contribution < -0.4 is 10.1 Å². The fourth-order valence-corrected chi connectivity index (χ4v) is 3.19. The molecule has 0 bridgehead atoms. The van der Waals surface area contributed by atoms with Crippen LogP contribution in [0.4, 0.5) is 0 Å². The molecular formula is C18H22N2O. The molecule has 0 radical (unpaired) electrons. The third kappa shape index (κ3) is 3.08. The number of fused-ring (bicyclic) bond motifs is 1. The first-order valence-corrected chi connectivity index (χ1v) is 7.58. The van der Waals surface area contributed by atoms with Gasteiger partial charge in [0.15, 0.2) is 0 Å². The van der Waals surface area contributed by atoms with E-state index in [0.717, 1.165) is 25.0 Å². The van der Waals surface area contributed by atoms with Crippen molar-refractivity contribution in [2.24, 2.45) is 0 Å². The van der Waals surface area contributed by atoms with Gasteiger partial charge in [0.05, 0.1) is 7.11 Å². The van der Waals surface area contributed by atoms with Crippen LogP contribution >= 0.6 is 0 Å². The van der Waals surface area contributed by atoms with Crippen LogP contribution in [0.1, 0.15) is 36.1 Å². The van der Waals surface area contributed by atoms with Gasteiger partial charge in [-0.15, -0.1) is 0 Å². The number of benzene rings is 1. The Balaban J connectivity index is 1.69. The summed E-state index contributed by atoms with van der Waals surface area (Å²) < 4.78 is 5.47. The Morgan fingerprint density at radius 3 is 2.95 bits per heavy atom. The molecule has 0 fully saturated rings. The first-order valence-electron chi connectivity index (χ1n) is 7.58. The Kier molecular flexibility index (Phi) is 4.20. The lowest BCUT2D eigenvalue weighted by atomic mass is 9.87. The summed E-state index contributed by atoms with van der Waals surface area (Å²) in [7, 11) is 1.75. The van der Waals surface area contributed by atoms with Crippen LogP contribution in [0.5, 0.6) is 5.75 Å². The molecule has 1 aromatic heterocycles. The molecule has 1 heterocycles. The normalized spacial score (nSPS) is 18.9. The maximum atomic E-state index is 5.47. The highest BCUT2D eigenvalue weighted by molar-refractivity contribution is 5.42. The van der Waals surface area contributed by atoms with Crippen molar-refractivity contribution < 1.29 is 4.74 Å². The van der Waals surface area contributed by atoms with Crippen molar-refractivity contribution in [3.63, 3.8) is 0 Å². The predicted molar refractivity (Wildman–Crippen MR) is 84.6 cm³/mol. The Hall–Kier alpha value is -1.87. The lowest BCUT2D eigenvalue weighted by Crippen LogP contribution is -2.36. The molecule has 0 spiro atoms. The Morgan fingerprint density at radius 1 is 1.29 bits per heavy atom. The lowest BCUT2D eigenvalue weighted by molar-refractivity contribution is 0.386. The highest BCUT2D eigenvalue weighted by Crippen LogP contribution is 2.30. The molecular weight excluding hydrogens is 260 g/mol. The minimum atomic E-state index is 0.329. The first kappa shape index (κ1) is 14.1. The van der Waals surface area contributed by atoms with Gasteiger partial charge in [0.2, 0.25) is 0 Å². The molecule has 3 rings (SSSR count). The number of rotatable bonds is 4. The summed E-state index contributed by atoms with van der Waals surface area (Å²) in [5, 5.41) is 3.73. The summed E-state index contributed by atoms with van der Waals surface area (Å²) >= 11 is 0. The van der Waals surface area contributed by atoms with Crippen LogP contribution in [0.2, 0.25) is 0 Å². The molecule has 1 N–H and O–H groups in total. The first-order chi connectivity index (χ1) is 10.3. The fraction of sp³-hybridized carbons (Fsp3) is 0.389. The smallest absolute Gasteiger partial charge is 0.122 e. The molecule has 21 heavy (non-hydrogen) atoms. The number of nitrogens with one attached hydrogen (secondary N) is 1. The number of pyridine rings is 1. The monoisotopic (exact) mass is 282 g/mol. The maximum Gasteiger partial charge on any atom is 0.122 e. The highest BCUT2D eigenvalue weighted by Gasteiger charge is 2.22. The molecule has 1 aromatic carbocycles. The maximum absolute atomic E-state index is 5.47. The van der Waals surface area contributed by atoms with E-state index < -0.39 is 0 Å². The standard InChI is InChI=1S/C18H22N2O/c1-13(15-6-4-10-19-12-15)20-16-8-9-17-14(11-16)5-3-7-18(17)21-2/h3-7,10,12-13,16,20H,8-9,11H2,1-2H3. The van der Waals surface area contributed by atoms with Crippen molar-refractivity contribution in [3.05, 3.63) is 59.4 Å². The van der Waals surface area contributed by atoms with E-state index in [9.17, 15) is 0 Å². The largest absolute Gasteiger partial charge is 0.496 e. The molecule has 0 saturated heterocycles. The van der Waals surface area contributed by atoms with E-state index in [4.69, 9.17) is 4.74 Å². The Labute approximate surface area is 126 Å². The number of hydrogen-bond acceptors (Lipinski definition) is 3. The summed E-state index contributed by atoms with van der Waals surface area (Å²) in [6, 6.07) is 11.3. The van der Waals surface area contributed by atoms with Crippen molar-refractivity contribution in [3.8, 4) is 5.75 Å². The third-order valence-electron chi connectivity index (χ3n) is 4.33. The van der Waals surface area contributed by atoms with Crippen LogP contribution in [-0.4, -0.2) is 18.1 Å². The Morgan fingerprint density at radius 2 is 2.19 bits per heavy atom. The van der Waals surface area contributed by atoms with Gasteiger partial charge >= 0.3 is 0 Å². The van der Waals surface area contributed by atoms with Gasteiger partial charge in [-0.1, -0.05) is 18.2 Å². The second kappa shape index (κ2) is 6.27. The molecule has 1 aliphatic rings. The second-order valence-corrected chi connectivity index (χ2v) is 5.71. The summed E-state index contributed by atoms with van der Waals surface area (Å²) in [6.07, 6.45) is 7.06. The third-order valence-corrected chi connectivity index (χ3v) is 4.33. The Bertz CT molecular complexity index is 597. The second-order valence-electron chi connectivity index (χ2n) is 5.71. The zero-order valence-corrected chi connectivity index (χ0v) is 12.7. The van der Waals surface area contributed by atoms with E-state index in [-0.39, 0.29) is 0 Å². The van der Waals surface area contributed by atoms with E-state index >= 15 is 0 Å². The summed E-state index contributed by atoms with van der Waals surface area (Å²) in [6.45, 7) is 2.21. The molecule has 110 valence electrons. The van der Waals surface area contributed by atoms with Gasteiger partial charge < -0.3 is 10.1 Å². The zero-order valence-electron chi connectivity index (χ0n) is 12.7. The average molecular weight is 282 g/mol. The van der Waals surface area contributed by atoms with E-state index in [2.05, 4.69) is 41.5 Å². The van der Waals surface area contributed by atoms with Crippen LogP contribution in [-0.2, 0) is 12.8 Å². The van der Waals surface area contributed by atoms with Crippen LogP contribution in [0.25, 0.3) is 0 Å². The van der Waals surface area contributed by atoms with Gasteiger partial charge in [0.1, 0.15) is 5.75 Å². The predicted octanol–water partition coefficient (Wildman–Crippen LogP) is 3.30. The van der Waals surface area contributed by atoms with Crippen LogP contribution in [0, 0.1) is 0 Å². The topological polar surface area (TPSA) is 34.1 Å². The minimum Gasteiger partial charge on any atom is -0.496 e. The number of ether oxygens (including phenoxy) is 1. The molecule has 3 nitrogen and oxygen atoms in total. The van der Waals surface area contributed by atoms with E-state index in [1.807, 2.05) is 18.5 Å². The fourth-order valence-electron chi connectivity index (χ4n) is 3.19. The number of hydrogen-bond donors (Lipinski definition) is 1. The zero-order chi connectivity index (χ0) is 14.7. The van der Waals surface area contributed by atoms with Crippen molar-refractivity contribution in [2.75, 3.05) is 7.11 Å². The van der Waals surface area contributed by atoms with Gasteiger partial charge in [-0.05, 0) is 55.0 Å². The SMILES string of the molecule is COc1cccc2c1CCC(NC(C)c1cccnc1)C2. The van der Waals surface area contributed by atoms with Gasteiger partial charge in [-0.3, -0.25) is 4.98 Å². The minimum absolute atomic E-state index is 0.329. The molecule has 0 aliphatic heterocycles. The molecule has 0 amide bonds. The molecule has 1 aliphatic carbocycles.